The van der Waals surface area contributed by atoms with Crippen molar-refractivity contribution in [1.82, 2.24) is 15.2 Å². The standard InChI is InChI=1S/C16H10F3N5O3S/c17-16(18,19)11-5-10(14-21-15(25)23-22-14)6-12(7-11)24-28(26,27)13-3-1-2-9(4-13)8-20/h1-7,24H,(H2,21,22,23,25). The van der Waals surface area contributed by atoms with Crippen LogP contribution in [-0.2, 0) is 16.2 Å². The monoisotopic (exact) mass is 409 g/mol. The number of aromatic amines is 2. The molecule has 144 valence electrons. The molecule has 3 N–H and O–H groups in total. The highest BCUT2D eigenvalue weighted by Gasteiger charge is 2.32. The molecule has 0 bridgehead atoms. The number of hydrogen-bond acceptors (Lipinski definition) is 5. The molecule has 1 aromatic heterocycles. The van der Waals surface area contributed by atoms with Gasteiger partial charge in [0.2, 0.25) is 0 Å². The molecule has 0 fully saturated rings. The Balaban J connectivity index is 2.08. The van der Waals surface area contributed by atoms with Crippen LogP contribution in [0.2, 0.25) is 0 Å². The number of rotatable bonds is 4. The zero-order chi connectivity index (χ0) is 20.5. The lowest BCUT2D eigenvalue weighted by molar-refractivity contribution is -0.137. The average Bonchev–Trinajstić information content (AvgIpc) is 3.07. The number of nitrogens with one attached hydrogen (secondary N) is 3. The van der Waals surface area contributed by atoms with E-state index in [2.05, 4.69) is 10.1 Å². The molecule has 0 aliphatic rings. The van der Waals surface area contributed by atoms with Crippen molar-refractivity contribution in [3.8, 4) is 17.5 Å². The topological polar surface area (TPSA) is 131 Å². The largest absolute Gasteiger partial charge is 0.416 e. The maximum absolute atomic E-state index is 13.2. The highest BCUT2D eigenvalue weighted by Crippen LogP contribution is 2.34. The van der Waals surface area contributed by atoms with Crippen molar-refractivity contribution >= 4 is 15.7 Å². The van der Waals surface area contributed by atoms with Gasteiger partial charge in [-0.05, 0) is 36.4 Å². The Hall–Kier alpha value is -3.59. The number of nitriles is 1. The summed E-state index contributed by atoms with van der Waals surface area (Å²) in [6.45, 7) is 0. The van der Waals surface area contributed by atoms with E-state index < -0.39 is 33.1 Å². The molecule has 0 aliphatic carbocycles. The van der Waals surface area contributed by atoms with E-state index in [0.717, 1.165) is 18.2 Å². The van der Waals surface area contributed by atoms with Crippen LogP contribution in [0, 0.1) is 11.3 Å². The molecule has 0 aliphatic heterocycles. The molecule has 0 unspecified atom stereocenters. The van der Waals surface area contributed by atoms with Crippen LogP contribution in [0.5, 0.6) is 0 Å². The normalized spacial score (nSPS) is 11.8. The second-order valence-corrected chi connectivity index (χ2v) is 7.25. The van der Waals surface area contributed by atoms with Gasteiger partial charge in [-0.25, -0.2) is 18.3 Å². The van der Waals surface area contributed by atoms with Crippen LogP contribution in [-0.4, -0.2) is 23.6 Å². The Morgan fingerprint density at radius 1 is 1.14 bits per heavy atom. The smallest absolute Gasteiger partial charge is 0.289 e. The molecule has 28 heavy (non-hydrogen) atoms. The predicted octanol–water partition coefficient (Wildman–Crippen LogP) is 2.46. The molecular weight excluding hydrogens is 399 g/mol. The summed E-state index contributed by atoms with van der Waals surface area (Å²) in [6.07, 6.45) is -4.77. The van der Waals surface area contributed by atoms with Crippen LogP contribution in [0.3, 0.4) is 0 Å². The van der Waals surface area contributed by atoms with Gasteiger partial charge in [-0.1, -0.05) is 6.07 Å². The van der Waals surface area contributed by atoms with E-state index in [1.54, 1.807) is 6.07 Å². The number of nitrogens with zero attached hydrogens (tertiary/aromatic N) is 2. The summed E-state index contributed by atoms with van der Waals surface area (Å²) in [5.41, 5.74) is -2.35. The lowest BCUT2D eigenvalue weighted by Gasteiger charge is -2.13. The lowest BCUT2D eigenvalue weighted by atomic mass is 10.1. The minimum absolute atomic E-state index is 0.0710. The van der Waals surface area contributed by atoms with Gasteiger partial charge in [0.1, 0.15) is 0 Å². The molecule has 3 aromatic rings. The molecule has 8 nitrogen and oxygen atoms in total. The Morgan fingerprint density at radius 2 is 1.89 bits per heavy atom. The van der Waals surface area contributed by atoms with Crippen LogP contribution in [0.15, 0.2) is 52.2 Å². The Morgan fingerprint density at radius 3 is 2.50 bits per heavy atom. The predicted molar refractivity (Wildman–Crippen MR) is 91.6 cm³/mol. The van der Waals surface area contributed by atoms with Gasteiger partial charge in [-0.2, -0.15) is 23.5 Å². The van der Waals surface area contributed by atoms with Gasteiger partial charge in [0.15, 0.2) is 5.82 Å². The fourth-order valence-electron chi connectivity index (χ4n) is 2.34. The fraction of sp³-hybridized carbons (Fsp3) is 0.0625. The van der Waals surface area contributed by atoms with Gasteiger partial charge in [0.25, 0.3) is 10.0 Å². The van der Waals surface area contributed by atoms with E-state index in [1.165, 1.54) is 18.2 Å². The molecule has 0 radical (unpaired) electrons. The number of hydrogen-bond donors (Lipinski definition) is 3. The second kappa shape index (κ2) is 6.86. The van der Waals surface area contributed by atoms with E-state index in [0.29, 0.717) is 6.07 Å². The Bertz CT molecular complexity index is 1240. The summed E-state index contributed by atoms with van der Waals surface area (Å²) in [6, 6.07) is 9.20. The maximum Gasteiger partial charge on any atom is 0.416 e. The molecule has 0 atom stereocenters. The molecule has 1 heterocycles. The van der Waals surface area contributed by atoms with Crippen LogP contribution in [0.4, 0.5) is 18.9 Å². The number of sulfonamides is 1. The number of halogens is 3. The van der Waals surface area contributed by atoms with E-state index in [-0.39, 0.29) is 21.8 Å². The molecule has 3 rings (SSSR count). The van der Waals surface area contributed by atoms with Gasteiger partial charge < -0.3 is 0 Å². The number of aromatic nitrogens is 3. The zero-order valence-corrected chi connectivity index (χ0v) is 14.5. The van der Waals surface area contributed by atoms with Crippen molar-refractivity contribution in [2.24, 2.45) is 0 Å². The van der Waals surface area contributed by atoms with Crippen molar-refractivity contribution in [3.63, 3.8) is 0 Å². The molecule has 12 heteroatoms. The van der Waals surface area contributed by atoms with Crippen LogP contribution >= 0.6 is 0 Å². The lowest BCUT2D eigenvalue weighted by Crippen LogP contribution is -2.14. The minimum Gasteiger partial charge on any atom is -0.289 e. The summed E-state index contributed by atoms with van der Waals surface area (Å²) < 4.78 is 66.7. The summed E-state index contributed by atoms with van der Waals surface area (Å²) in [5, 5.41) is 14.5. The summed E-state index contributed by atoms with van der Waals surface area (Å²) in [5.74, 6) is -0.192. The van der Waals surface area contributed by atoms with E-state index in [1.807, 2.05) is 9.82 Å². The maximum atomic E-state index is 13.2. The summed E-state index contributed by atoms with van der Waals surface area (Å²) >= 11 is 0. The van der Waals surface area contributed by atoms with Crippen molar-refractivity contribution in [2.45, 2.75) is 11.1 Å². The molecule has 0 amide bonds. The first-order valence-corrected chi connectivity index (χ1v) is 8.97. The van der Waals surface area contributed by atoms with Gasteiger partial charge in [-0.3, -0.25) is 9.71 Å². The van der Waals surface area contributed by atoms with Gasteiger partial charge >= 0.3 is 11.9 Å². The first-order valence-electron chi connectivity index (χ1n) is 7.49. The number of alkyl halides is 3. The van der Waals surface area contributed by atoms with Crippen molar-refractivity contribution in [2.75, 3.05) is 4.72 Å². The first kappa shape index (κ1) is 19.2. The molecule has 2 aromatic carbocycles. The second-order valence-electron chi connectivity index (χ2n) is 5.57. The Labute approximate surface area is 155 Å². The fourth-order valence-corrected chi connectivity index (χ4v) is 3.43. The first-order chi connectivity index (χ1) is 13.1. The minimum atomic E-state index is -4.77. The van der Waals surface area contributed by atoms with Crippen molar-refractivity contribution in [1.29, 1.82) is 5.26 Å². The molecule has 0 saturated carbocycles. The summed E-state index contributed by atoms with van der Waals surface area (Å²) in [4.78, 5) is 13.1. The number of anilines is 1. The van der Waals surface area contributed by atoms with Crippen LogP contribution < -0.4 is 10.4 Å². The number of benzene rings is 2. The highest BCUT2D eigenvalue weighted by atomic mass is 32.2. The average molecular weight is 409 g/mol. The third kappa shape index (κ3) is 4.04. The highest BCUT2D eigenvalue weighted by molar-refractivity contribution is 7.92. The molecule has 0 spiro atoms. The quantitative estimate of drug-likeness (QED) is 0.609. The summed E-state index contributed by atoms with van der Waals surface area (Å²) in [7, 11) is -4.27. The van der Waals surface area contributed by atoms with E-state index in [4.69, 9.17) is 5.26 Å². The Kier molecular flexibility index (Phi) is 4.70. The SMILES string of the molecule is N#Cc1cccc(S(=O)(=O)Nc2cc(-c3n[nH]c(=O)[nH]3)cc(C(F)(F)F)c2)c1. The van der Waals surface area contributed by atoms with Crippen molar-refractivity contribution < 1.29 is 21.6 Å². The molecule has 0 saturated heterocycles. The molecular formula is C16H10F3N5O3S. The van der Waals surface area contributed by atoms with Gasteiger partial charge in [0, 0.05) is 5.56 Å². The third-order valence-corrected chi connectivity index (χ3v) is 4.94. The zero-order valence-electron chi connectivity index (χ0n) is 13.7. The van der Waals surface area contributed by atoms with Gasteiger partial charge in [-0.15, -0.1) is 0 Å². The van der Waals surface area contributed by atoms with E-state index in [9.17, 15) is 26.4 Å². The van der Waals surface area contributed by atoms with Gasteiger partial charge in [0.05, 0.1) is 27.8 Å². The van der Waals surface area contributed by atoms with Crippen LogP contribution in [0.1, 0.15) is 11.1 Å². The number of H-pyrrole nitrogens is 2. The van der Waals surface area contributed by atoms with Crippen LogP contribution in [0.25, 0.3) is 11.4 Å². The van der Waals surface area contributed by atoms with E-state index >= 15 is 0 Å². The third-order valence-electron chi connectivity index (χ3n) is 3.56. The van der Waals surface area contributed by atoms with Crippen molar-refractivity contribution in [3.05, 3.63) is 64.1 Å².